The van der Waals surface area contributed by atoms with Crippen LogP contribution in [-0.2, 0) is 12.0 Å². The number of non-ortho nitro benzene ring substituents is 1. The Hall–Kier alpha value is -3.61. The first-order chi connectivity index (χ1) is 14.1. The molecule has 0 unspecified atom stereocenters. The molecule has 0 aliphatic carbocycles. The summed E-state index contributed by atoms with van der Waals surface area (Å²) in [4.78, 5) is 22.8. The number of nitrogens with one attached hydrogen (secondary N) is 1. The van der Waals surface area contributed by atoms with Crippen molar-refractivity contribution in [1.82, 2.24) is 0 Å². The van der Waals surface area contributed by atoms with Crippen LogP contribution in [0.15, 0.2) is 59.0 Å². The maximum atomic E-state index is 12.4. The molecule has 1 heterocycles. The number of nitro groups is 1. The number of hydrogen-bond donors (Lipinski definition) is 1. The van der Waals surface area contributed by atoms with Gasteiger partial charge in [-0.05, 0) is 53.8 Å². The minimum Gasteiger partial charge on any atom is -0.486 e. The van der Waals surface area contributed by atoms with Gasteiger partial charge in [0.25, 0.3) is 11.6 Å². The standard InChI is InChI=1S/C23H24N2O5/c1-15-13-17(25(27)28)7-11-20(15)24-22(26)21-12-10-19(30-21)14-29-18-8-5-16(6-9-18)23(2,3)4/h5-13H,14H2,1-4H3,(H,24,26). The molecular weight excluding hydrogens is 384 g/mol. The van der Waals surface area contributed by atoms with Crippen LogP contribution < -0.4 is 10.1 Å². The van der Waals surface area contributed by atoms with Crippen molar-refractivity contribution in [2.24, 2.45) is 0 Å². The number of carbonyl (C=O) groups excluding carboxylic acids is 1. The molecule has 0 spiro atoms. The van der Waals surface area contributed by atoms with E-state index in [1.807, 2.05) is 24.3 Å². The van der Waals surface area contributed by atoms with Gasteiger partial charge >= 0.3 is 0 Å². The molecule has 156 valence electrons. The van der Waals surface area contributed by atoms with Crippen molar-refractivity contribution in [2.45, 2.75) is 39.7 Å². The molecule has 30 heavy (non-hydrogen) atoms. The van der Waals surface area contributed by atoms with E-state index in [2.05, 4.69) is 26.1 Å². The Kier molecular flexibility index (Phi) is 5.91. The second-order valence-corrected chi connectivity index (χ2v) is 8.04. The Balaban J connectivity index is 1.60. The number of carbonyl (C=O) groups is 1. The highest BCUT2D eigenvalue weighted by molar-refractivity contribution is 6.02. The molecule has 0 bridgehead atoms. The van der Waals surface area contributed by atoms with Gasteiger partial charge in [0.15, 0.2) is 5.76 Å². The fourth-order valence-corrected chi connectivity index (χ4v) is 2.87. The Morgan fingerprint density at radius 2 is 1.80 bits per heavy atom. The lowest BCUT2D eigenvalue weighted by molar-refractivity contribution is -0.384. The zero-order valence-electron chi connectivity index (χ0n) is 17.4. The average molecular weight is 408 g/mol. The Bertz CT molecular complexity index is 1060. The minimum atomic E-state index is -0.478. The zero-order chi connectivity index (χ0) is 21.9. The molecule has 1 aromatic heterocycles. The molecule has 2 aromatic carbocycles. The van der Waals surface area contributed by atoms with Crippen molar-refractivity contribution in [1.29, 1.82) is 0 Å². The van der Waals surface area contributed by atoms with Gasteiger partial charge in [0.05, 0.1) is 4.92 Å². The number of amides is 1. The summed E-state index contributed by atoms with van der Waals surface area (Å²) in [6.45, 7) is 8.33. The molecular formula is C23H24N2O5. The highest BCUT2D eigenvalue weighted by Crippen LogP contribution is 2.25. The lowest BCUT2D eigenvalue weighted by Gasteiger charge is -2.19. The van der Waals surface area contributed by atoms with Gasteiger partial charge in [0, 0.05) is 17.8 Å². The maximum absolute atomic E-state index is 12.4. The molecule has 0 aliphatic rings. The molecule has 7 nitrogen and oxygen atoms in total. The first-order valence-electron chi connectivity index (χ1n) is 9.52. The third kappa shape index (κ3) is 5.05. The lowest BCUT2D eigenvalue weighted by Crippen LogP contribution is -2.12. The van der Waals surface area contributed by atoms with Crippen molar-refractivity contribution in [2.75, 3.05) is 5.32 Å². The van der Waals surface area contributed by atoms with E-state index in [9.17, 15) is 14.9 Å². The second-order valence-electron chi connectivity index (χ2n) is 8.04. The molecule has 0 fully saturated rings. The highest BCUT2D eigenvalue weighted by atomic mass is 16.6. The lowest BCUT2D eigenvalue weighted by atomic mass is 9.87. The van der Waals surface area contributed by atoms with E-state index in [1.54, 1.807) is 19.1 Å². The number of benzene rings is 2. The SMILES string of the molecule is Cc1cc([N+](=O)[O-])ccc1NC(=O)c1ccc(COc2ccc(C(C)(C)C)cc2)o1. The van der Waals surface area contributed by atoms with Crippen LogP contribution in [0.5, 0.6) is 5.75 Å². The van der Waals surface area contributed by atoms with E-state index in [0.29, 0.717) is 22.8 Å². The number of furan rings is 1. The number of nitrogens with zero attached hydrogens (tertiary/aromatic N) is 1. The minimum absolute atomic E-state index is 0.0292. The molecule has 1 N–H and O–H groups in total. The Labute approximate surface area is 174 Å². The smallest absolute Gasteiger partial charge is 0.291 e. The first-order valence-corrected chi connectivity index (χ1v) is 9.52. The Morgan fingerprint density at radius 3 is 2.40 bits per heavy atom. The van der Waals surface area contributed by atoms with Gasteiger partial charge in [-0.15, -0.1) is 0 Å². The molecule has 0 saturated heterocycles. The maximum Gasteiger partial charge on any atom is 0.291 e. The second kappa shape index (κ2) is 8.41. The highest BCUT2D eigenvalue weighted by Gasteiger charge is 2.16. The van der Waals surface area contributed by atoms with Crippen LogP contribution in [0.2, 0.25) is 0 Å². The molecule has 3 aromatic rings. The third-order valence-electron chi connectivity index (χ3n) is 4.66. The number of aryl methyl sites for hydroxylation is 1. The van der Waals surface area contributed by atoms with E-state index in [-0.39, 0.29) is 23.5 Å². The van der Waals surface area contributed by atoms with E-state index >= 15 is 0 Å². The summed E-state index contributed by atoms with van der Waals surface area (Å²) in [7, 11) is 0. The van der Waals surface area contributed by atoms with E-state index in [0.717, 1.165) is 0 Å². The third-order valence-corrected chi connectivity index (χ3v) is 4.66. The van der Waals surface area contributed by atoms with E-state index < -0.39 is 10.8 Å². The summed E-state index contributed by atoms with van der Waals surface area (Å²) in [5.41, 5.74) is 2.33. The molecule has 7 heteroatoms. The Morgan fingerprint density at radius 1 is 1.10 bits per heavy atom. The summed E-state index contributed by atoms with van der Waals surface area (Å²) in [6, 6.07) is 15.4. The molecule has 1 amide bonds. The average Bonchev–Trinajstić information content (AvgIpc) is 3.16. The van der Waals surface area contributed by atoms with Crippen LogP contribution in [0.1, 0.15) is 48.2 Å². The van der Waals surface area contributed by atoms with Crippen molar-refractivity contribution in [3.8, 4) is 5.75 Å². The predicted molar refractivity (Wildman–Crippen MR) is 114 cm³/mol. The molecule has 0 aliphatic heterocycles. The fourth-order valence-electron chi connectivity index (χ4n) is 2.87. The van der Waals surface area contributed by atoms with Crippen molar-refractivity contribution in [3.05, 3.63) is 87.4 Å². The molecule has 3 rings (SSSR count). The number of nitro benzene ring substituents is 1. The molecule has 0 atom stereocenters. The molecule has 0 saturated carbocycles. The van der Waals surface area contributed by atoms with E-state index in [1.165, 1.54) is 23.8 Å². The summed E-state index contributed by atoms with van der Waals surface area (Å²) >= 11 is 0. The summed E-state index contributed by atoms with van der Waals surface area (Å²) in [5.74, 6) is 0.926. The summed E-state index contributed by atoms with van der Waals surface area (Å²) in [6.07, 6.45) is 0. The van der Waals surface area contributed by atoms with Crippen LogP contribution in [0.3, 0.4) is 0 Å². The number of anilines is 1. The topological polar surface area (TPSA) is 94.6 Å². The molecule has 0 radical (unpaired) electrons. The van der Waals surface area contributed by atoms with Gasteiger partial charge in [-0.2, -0.15) is 0 Å². The van der Waals surface area contributed by atoms with Crippen LogP contribution >= 0.6 is 0 Å². The van der Waals surface area contributed by atoms with Gasteiger partial charge in [0.1, 0.15) is 18.1 Å². The van der Waals surface area contributed by atoms with Crippen molar-refractivity contribution >= 4 is 17.3 Å². The quantitative estimate of drug-likeness (QED) is 0.422. The van der Waals surface area contributed by atoms with Crippen LogP contribution in [0.25, 0.3) is 0 Å². The predicted octanol–water partition coefficient (Wildman–Crippen LogP) is 5.63. The van der Waals surface area contributed by atoms with Crippen LogP contribution in [0, 0.1) is 17.0 Å². The van der Waals surface area contributed by atoms with Gasteiger partial charge in [-0.25, -0.2) is 0 Å². The first kappa shape index (κ1) is 21.1. The number of hydrogen-bond acceptors (Lipinski definition) is 5. The fraction of sp³-hybridized carbons (Fsp3) is 0.261. The summed E-state index contributed by atoms with van der Waals surface area (Å²) < 4.78 is 11.3. The largest absolute Gasteiger partial charge is 0.486 e. The van der Waals surface area contributed by atoms with Gasteiger partial charge < -0.3 is 14.5 Å². The number of rotatable bonds is 6. The van der Waals surface area contributed by atoms with Crippen LogP contribution in [-0.4, -0.2) is 10.8 Å². The normalized spacial score (nSPS) is 11.2. The van der Waals surface area contributed by atoms with Crippen LogP contribution in [0.4, 0.5) is 11.4 Å². The van der Waals surface area contributed by atoms with Gasteiger partial charge in [-0.3, -0.25) is 14.9 Å². The van der Waals surface area contributed by atoms with E-state index in [4.69, 9.17) is 9.15 Å². The van der Waals surface area contributed by atoms with Gasteiger partial charge in [-0.1, -0.05) is 32.9 Å². The van der Waals surface area contributed by atoms with Gasteiger partial charge in [0.2, 0.25) is 0 Å². The zero-order valence-corrected chi connectivity index (χ0v) is 17.4. The van der Waals surface area contributed by atoms with Crippen molar-refractivity contribution < 1.29 is 18.9 Å². The monoisotopic (exact) mass is 408 g/mol. The summed E-state index contributed by atoms with van der Waals surface area (Å²) in [5, 5.41) is 13.5. The number of ether oxygens (including phenoxy) is 1. The van der Waals surface area contributed by atoms with Crippen molar-refractivity contribution in [3.63, 3.8) is 0 Å².